The summed E-state index contributed by atoms with van der Waals surface area (Å²) in [5, 5.41) is 0. The van der Waals surface area contributed by atoms with Crippen molar-refractivity contribution in [2.45, 2.75) is 13.8 Å². The number of hydrogen-bond acceptors (Lipinski definition) is 1. The van der Waals surface area contributed by atoms with Crippen molar-refractivity contribution in [3.63, 3.8) is 0 Å². The van der Waals surface area contributed by atoms with Gasteiger partial charge in [-0.1, -0.05) is 19.5 Å². The Morgan fingerprint density at radius 3 is 2.40 bits per heavy atom. The Hall–Kier alpha value is 0.124. The summed E-state index contributed by atoms with van der Waals surface area (Å²) < 4.78 is 0. The minimum atomic E-state index is 0. The van der Waals surface area contributed by atoms with E-state index in [0.717, 1.165) is 16.8 Å². The normalized spacial score (nSPS) is 8.60. The number of nitrogens with two attached hydrogens (primary N) is 1. The van der Waals surface area contributed by atoms with Crippen LogP contribution < -0.4 is 5.73 Å². The number of anilines is 1. The molecular formula is C8H10NY-. The molecule has 0 aromatic heterocycles. The quantitative estimate of drug-likeness (QED) is 0.510. The van der Waals surface area contributed by atoms with E-state index in [1.165, 1.54) is 0 Å². The first-order valence-corrected chi connectivity index (χ1v) is 2.94. The molecule has 1 nitrogen and oxygen atoms in total. The Labute approximate surface area is 86.9 Å². The molecule has 10 heavy (non-hydrogen) atoms. The fraction of sp³-hybridized carbons (Fsp3) is 0.250. The maximum atomic E-state index is 5.60. The minimum Gasteiger partial charge on any atom is -0.419 e. The molecule has 1 aromatic carbocycles. The topological polar surface area (TPSA) is 26.0 Å². The molecule has 1 aromatic rings. The predicted molar refractivity (Wildman–Crippen MR) is 39.2 cm³/mol. The molecule has 0 bridgehead atoms. The SMILES string of the molecule is Cc1[c-]cc(C)c(N)c1.[Y]. The van der Waals surface area contributed by atoms with Gasteiger partial charge in [0.1, 0.15) is 0 Å². The van der Waals surface area contributed by atoms with Crippen LogP contribution in [0.25, 0.3) is 0 Å². The summed E-state index contributed by atoms with van der Waals surface area (Å²) in [5.41, 5.74) is 8.65. The van der Waals surface area contributed by atoms with Gasteiger partial charge in [-0.15, -0.1) is 11.6 Å². The van der Waals surface area contributed by atoms with Crippen LogP contribution >= 0.6 is 0 Å². The van der Waals surface area contributed by atoms with Crippen LogP contribution in [-0.2, 0) is 32.7 Å². The molecule has 51 valence electrons. The molecule has 1 rings (SSSR count). The van der Waals surface area contributed by atoms with E-state index in [4.69, 9.17) is 5.73 Å². The zero-order valence-corrected chi connectivity index (χ0v) is 9.15. The molecule has 0 heterocycles. The third kappa shape index (κ3) is 2.39. The molecule has 0 spiro atoms. The van der Waals surface area contributed by atoms with Gasteiger partial charge in [0.15, 0.2) is 0 Å². The van der Waals surface area contributed by atoms with Gasteiger partial charge < -0.3 is 5.73 Å². The summed E-state index contributed by atoms with van der Waals surface area (Å²) in [6.45, 7) is 3.96. The third-order valence-electron chi connectivity index (χ3n) is 1.34. The van der Waals surface area contributed by atoms with Crippen molar-refractivity contribution >= 4 is 5.69 Å². The van der Waals surface area contributed by atoms with E-state index in [2.05, 4.69) is 6.07 Å². The van der Waals surface area contributed by atoms with E-state index in [-0.39, 0.29) is 32.7 Å². The van der Waals surface area contributed by atoms with Crippen molar-refractivity contribution in [3.8, 4) is 0 Å². The summed E-state index contributed by atoms with van der Waals surface area (Å²) in [4.78, 5) is 0. The summed E-state index contributed by atoms with van der Waals surface area (Å²) >= 11 is 0. The molecule has 0 aliphatic carbocycles. The van der Waals surface area contributed by atoms with Crippen molar-refractivity contribution in [1.29, 1.82) is 0 Å². The van der Waals surface area contributed by atoms with Crippen molar-refractivity contribution in [3.05, 3.63) is 29.3 Å². The fourth-order valence-corrected chi connectivity index (χ4v) is 0.694. The first kappa shape index (κ1) is 10.1. The predicted octanol–water partition coefficient (Wildman–Crippen LogP) is 1.68. The Morgan fingerprint density at radius 1 is 1.40 bits per heavy atom. The largest absolute Gasteiger partial charge is 0.419 e. The Balaban J connectivity index is 0.000000810. The van der Waals surface area contributed by atoms with Gasteiger partial charge in [-0.25, -0.2) is 0 Å². The van der Waals surface area contributed by atoms with Gasteiger partial charge in [-0.3, -0.25) is 0 Å². The van der Waals surface area contributed by atoms with Crippen molar-refractivity contribution in [2.24, 2.45) is 0 Å². The van der Waals surface area contributed by atoms with Crippen LogP contribution in [0.4, 0.5) is 5.69 Å². The van der Waals surface area contributed by atoms with Gasteiger partial charge in [-0.05, 0) is 0 Å². The standard InChI is InChI=1S/C8H10N.Y/c1-6-3-4-7(2)8(9)5-6;/h4-5H,9H2,1-2H3;/q-1;. The second kappa shape index (κ2) is 4.10. The van der Waals surface area contributed by atoms with Crippen LogP contribution in [0.5, 0.6) is 0 Å². The van der Waals surface area contributed by atoms with E-state index in [9.17, 15) is 0 Å². The molecule has 0 fully saturated rings. The molecule has 0 saturated carbocycles. The Kier molecular flexibility index (Phi) is 4.15. The number of rotatable bonds is 0. The molecule has 0 aliphatic heterocycles. The molecule has 0 aliphatic rings. The first-order chi connectivity index (χ1) is 4.20. The fourth-order valence-electron chi connectivity index (χ4n) is 0.694. The van der Waals surface area contributed by atoms with Gasteiger partial charge in [0.25, 0.3) is 0 Å². The van der Waals surface area contributed by atoms with Crippen molar-refractivity contribution < 1.29 is 32.7 Å². The molecule has 0 unspecified atom stereocenters. The Bertz CT molecular complexity index is 220. The van der Waals surface area contributed by atoms with E-state index in [1.807, 2.05) is 26.0 Å². The number of aryl methyl sites for hydroxylation is 2. The van der Waals surface area contributed by atoms with Gasteiger partial charge in [-0.2, -0.15) is 17.7 Å². The number of nitrogen functional groups attached to an aromatic ring is 1. The summed E-state index contributed by atoms with van der Waals surface area (Å²) in [6.07, 6.45) is 0. The van der Waals surface area contributed by atoms with E-state index < -0.39 is 0 Å². The first-order valence-electron chi connectivity index (χ1n) is 2.94. The van der Waals surface area contributed by atoms with Crippen molar-refractivity contribution in [2.75, 3.05) is 5.73 Å². The van der Waals surface area contributed by atoms with E-state index in [1.54, 1.807) is 0 Å². The van der Waals surface area contributed by atoms with E-state index in [0.29, 0.717) is 0 Å². The van der Waals surface area contributed by atoms with E-state index >= 15 is 0 Å². The smallest absolute Gasteiger partial charge is 0 e. The molecule has 0 amide bonds. The Morgan fingerprint density at radius 2 is 2.00 bits per heavy atom. The van der Waals surface area contributed by atoms with Crippen LogP contribution in [0.15, 0.2) is 12.1 Å². The molecule has 0 atom stereocenters. The zero-order chi connectivity index (χ0) is 6.85. The average Bonchev–Trinajstić information content (AvgIpc) is 1.80. The maximum absolute atomic E-state index is 5.60. The summed E-state index contributed by atoms with van der Waals surface area (Å²) in [7, 11) is 0. The molecule has 2 heteroatoms. The molecule has 0 saturated heterocycles. The third-order valence-corrected chi connectivity index (χ3v) is 1.34. The zero-order valence-electron chi connectivity index (χ0n) is 6.31. The second-order valence-corrected chi connectivity index (χ2v) is 2.25. The molecular weight excluding hydrogens is 199 g/mol. The monoisotopic (exact) mass is 209 g/mol. The number of benzene rings is 1. The average molecular weight is 209 g/mol. The van der Waals surface area contributed by atoms with Crippen LogP contribution in [0, 0.1) is 19.9 Å². The summed E-state index contributed by atoms with van der Waals surface area (Å²) in [5.74, 6) is 0. The molecule has 1 radical (unpaired) electrons. The van der Waals surface area contributed by atoms with Gasteiger partial charge in [0.2, 0.25) is 0 Å². The van der Waals surface area contributed by atoms with Gasteiger partial charge >= 0.3 is 0 Å². The molecule has 2 N–H and O–H groups in total. The maximum Gasteiger partial charge on any atom is 0 e. The van der Waals surface area contributed by atoms with Crippen LogP contribution in [0.3, 0.4) is 0 Å². The van der Waals surface area contributed by atoms with Gasteiger partial charge in [0.05, 0.1) is 0 Å². The van der Waals surface area contributed by atoms with Crippen LogP contribution in [0.1, 0.15) is 11.1 Å². The minimum absolute atomic E-state index is 0. The summed E-state index contributed by atoms with van der Waals surface area (Å²) in [6, 6.07) is 6.89. The van der Waals surface area contributed by atoms with Crippen LogP contribution in [0.2, 0.25) is 0 Å². The van der Waals surface area contributed by atoms with Crippen molar-refractivity contribution in [1.82, 2.24) is 0 Å². The number of hydrogen-bond donors (Lipinski definition) is 1. The van der Waals surface area contributed by atoms with Crippen LogP contribution in [-0.4, -0.2) is 0 Å². The second-order valence-electron chi connectivity index (χ2n) is 2.25. The van der Waals surface area contributed by atoms with Gasteiger partial charge in [0, 0.05) is 32.7 Å².